The topological polar surface area (TPSA) is 101 Å². The van der Waals surface area contributed by atoms with Crippen molar-refractivity contribution in [3.8, 4) is 0 Å². The SMILES string of the molecule is O=C(O)Cc1ccc(NC(=O)NCCC2CCOC2)cn1. The number of aliphatic carboxylic acids is 1. The Morgan fingerprint density at radius 3 is 2.90 bits per heavy atom. The van der Waals surface area contributed by atoms with Crippen LogP contribution in [0, 0.1) is 5.92 Å². The average Bonchev–Trinajstić information content (AvgIpc) is 2.93. The van der Waals surface area contributed by atoms with Gasteiger partial charge in [-0.1, -0.05) is 0 Å². The summed E-state index contributed by atoms with van der Waals surface area (Å²) >= 11 is 0. The molecule has 0 saturated carbocycles. The quantitative estimate of drug-likeness (QED) is 0.733. The van der Waals surface area contributed by atoms with Crippen LogP contribution in [0.25, 0.3) is 0 Å². The lowest BCUT2D eigenvalue weighted by Gasteiger charge is -2.10. The van der Waals surface area contributed by atoms with E-state index in [1.165, 1.54) is 6.20 Å². The van der Waals surface area contributed by atoms with Crippen LogP contribution in [0.4, 0.5) is 10.5 Å². The molecule has 1 aliphatic rings. The van der Waals surface area contributed by atoms with Gasteiger partial charge in [-0.05, 0) is 30.9 Å². The molecule has 1 saturated heterocycles. The van der Waals surface area contributed by atoms with E-state index in [9.17, 15) is 9.59 Å². The Morgan fingerprint density at radius 2 is 2.29 bits per heavy atom. The predicted octanol–water partition coefficient (Wildman–Crippen LogP) is 1.26. The second-order valence-electron chi connectivity index (χ2n) is 5.01. The van der Waals surface area contributed by atoms with Crippen molar-refractivity contribution >= 4 is 17.7 Å². The molecule has 1 aromatic heterocycles. The van der Waals surface area contributed by atoms with Gasteiger partial charge in [0.15, 0.2) is 0 Å². The Kier molecular flexibility index (Phi) is 5.51. The Bertz CT molecular complexity index is 483. The third-order valence-electron chi connectivity index (χ3n) is 3.28. The van der Waals surface area contributed by atoms with Crippen LogP contribution in [0.5, 0.6) is 0 Å². The third-order valence-corrected chi connectivity index (χ3v) is 3.28. The summed E-state index contributed by atoms with van der Waals surface area (Å²) < 4.78 is 5.27. The number of carboxylic acids is 1. The van der Waals surface area contributed by atoms with Crippen molar-refractivity contribution in [1.29, 1.82) is 0 Å². The van der Waals surface area contributed by atoms with Crippen LogP contribution in [0.1, 0.15) is 18.5 Å². The Hall–Kier alpha value is -2.15. The zero-order valence-electron chi connectivity index (χ0n) is 11.7. The first-order chi connectivity index (χ1) is 10.1. The zero-order valence-corrected chi connectivity index (χ0v) is 11.7. The molecule has 0 aliphatic carbocycles. The van der Waals surface area contributed by atoms with Crippen molar-refractivity contribution in [1.82, 2.24) is 10.3 Å². The number of carbonyl (C=O) groups is 2. The van der Waals surface area contributed by atoms with E-state index in [1.807, 2.05) is 0 Å². The van der Waals surface area contributed by atoms with Crippen molar-refractivity contribution in [3.63, 3.8) is 0 Å². The van der Waals surface area contributed by atoms with E-state index in [0.717, 1.165) is 26.1 Å². The molecule has 1 atom stereocenters. The molecule has 3 N–H and O–H groups in total. The highest BCUT2D eigenvalue weighted by molar-refractivity contribution is 5.89. The molecule has 1 unspecified atom stereocenters. The minimum Gasteiger partial charge on any atom is -0.481 e. The van der Waals surface area contributed by atoms with Gasteiger partial charge in [-0.15, -0.1) is 0 Å². The molecule has 1 aromatic rings. The van der Waals surface area contributed by atoms with E-state index < -0.39 is 5.97 Å². The van der Waals surface area contributed by atoms with E-state index >= 15 is 0 Å². The maximum absolute atomic E-state index is 11.7. The molecule has 114 valence electrons. The normalized spacial score (nSPS) is 17.4. The van der Waals surface area contributed by atoms with Crippen LogP contribution in [-0.2, 0) is 16.0 Å². The van der Waals surface area contributed by atoms with Gasteiger partial charge in [-0.2, -0.15) is 0 Å². The largest absolute Gasteiger partial charge is 0.481 e. The standard InChI is InChI=1S/C14H19N3O4/c18-13(19)7-11-1-2-12(8-16-11)17-14(20)15-5-3-10-4-6-21-9-10/h1-2,8,10H,3-7,9H2,(H,18,19)(H2,15,17,20). The first-order valence-corrected chi connectivity index (χ1v) is 6.93. The number of urea groups is 1. The monoisotopic (exact) mass is 293 g/mol. The lowest BCUT2D eigenvalue weighted by Crippen LogP contribution is -2.30. The molecule has 1 aliphatic heterocycles. The third kappa shape index (κ3) is 5.39. The summed E-state index contributed by atoms with van der Waals surface area (Å²) in [5.41, 5.74) is 0.987. The van der Waals surface area contributed by atoms with Crippen LogP contribution in [0.15, 0.2) is 18.3 Å². The highest BCUT2D eigenvalue weighted by atomic mass is 16.5. The zero-order chi connectivity index (χ0) is 15.1. The van der Waals surface area contributed by atoms with Gasteiger partial charge in [-0.25, -0.2) is 4.79 Å². The first kappa shape index (κ1) is 15.2. The number of amides is 2. The molecule has 0 aromatic carbocycles. The maximum atomic E-state index is 11.7. The fourth-order valence-corrected chi connectivity index (χ4v) is 2.13. The highest BCUT2D eigenvalue weighted by Gasteiger charge is 2.15. The summed E-state index contributed by atoms with van der Waals surface area (Å²) in [6.45, 7) is 2.19. The minimum absolute atomic E-state index is 0.129. The van der Waals surface area contributed by atoms with Crippen molar-refractivity contribution < 1.29 is 19.4 Å². The molecule has 1 fully saturated rings. The van der Waals surface area contributed by atoms with Crippen molar-refractivity contribution in [2.24, 2.45) is 5.92 Å². The number of anilines is 1. The van der Waals surface area contributed by atoms with Crippen LogP contribution in [0.2, 0.25) is 0 Å². The van der Waals surface area contributed by atoms with Gasteiger partial charge >= 0.3 is 12.0 Å². The molecule has 7 nitrogen and oxygen atoms in total. The summed E-state index contributed by atoms with van der Waals surface area (Å²) in [4.78, 5) is 26.2. The van der Waals surface area contributed by atoms with Crippen LogP contribution in [-0.4, -0.2) is 41.8 Å². The molecular weight excluding hydrogens is 274 g/mol. The van der Waals surface area contributed by atoms with Gasteiger partial charge in [0.05, 0.1) is 24.0 Å². The summed E-state index contributed by atoms with van der Waals surface area (Å²) in [6, 6.07) is 2.93. The van der Waals surface area contributed by atoms with E-state index in [4.69, 9.17) is 9.84 Å². The molecule has 21 heavy (non-hydrogen) atoms. The fourth-order valence-electron chi connectivity index (χ4n) is 2.13. The number of nitrogens with zero attached hydrogens (tertiary/aromatic N) is 1. The van der Waals surface area contributed by atoms with Crippen LogP contribution >= 0.6 is 0 Å². The molecular formula is C14H19N3O4. The smallest absolute Gasteiger partial charge is 0.319 e. The number of pyridine rings is 1. The summed E-state index contributed by atoms with van der Waals surface area (Å²) in [5.74, 6) is -0.404. The maximum Gasteiger partial charge on any atom is 0.319 e. The lowest BCUT2D eigenvalue weighted by atomic mass is 10.1. The summed E-state index contributed by atoms with van der Waals surface area (Å²) in [7, 11) is 0. The van der Waals surface area contributed by atoms with Crippen molar-refractivity contribution in [3.05, 3.63) is 24.0 Å². The number of ether oxygens (including phenoxy) is 1. The Balaban J connectivity index is 1.70. The second-order valence-corrected chi connectivity index (χ2v) is 5.01. The van der Waals surface area contributed by atoms with Gasteiger partial charge in [0.1, 0.15) is 0 Å². The van der Waals surface area contributed by atoms with Crippen LogP contribution < -0.4 is 10.6 Å². The lowest BCUT2D eigenvalue weighted by molar-refractivity contribution is -0.136. The molecule has 0 bridgehead atoms. The molecule has 2 amide bonds. The Morgan fingerprint density at radius 1 is 1.43 bits per heavy atom. The number of rotatable bonds is 6. The van der Waals surface area contributed by atoms with Gasteiger partial charge in [0.2, 0.25) is 0 Å². The van der Waals surface area contributed by atoms with Gasteiger partial charge in [0.25, 0.3) is 0 Å². The molecule has 0 radical (unpaired) electrons. The number of hydrogen-bond acceptors (Lipinski definition) is 4. The summed E-state index contributed by atoms with van der Waals surface area (Å²) in [5, 5.41) is 14.1. The van der Waals surface area contributed by atoms with Crippen molar-refractivity contribution in [2.45, 2.75) is 19.3 Å². The number of hydrogen-bond donors (Lipinski definition) is 3. The molecule has 2 rings (SSSR count). The predicted molar refractivity (Wildman–Crippen MR) is 76.1 cm³/mol. The number of carbonyl (C=O) groups excluding carboxylic acids is 1. The van der Waals surface area contributed by atoms with Gasteiger partial charge in [-0.3, -0.25) is 9.78 Å². The van der Waals surface area contributed by atoms with Gasteiger partial charge in [0, 0.05) is 19.8 Å². The van der Waals surface area contributed by atoms with E-state index in [2.05, 4.69) is 15.6 Å². The number of nitrogens with one attached hydrogen (secondary N) is 2. The fraction of sp³-hybridized carbons (Fsp3) is 0.500. The van der Waals surface area contributed by atoms with E-state index in [-0.39, 0.29) is 12.5 Å². The number of aromatic nitrogens is 1. The van der Waals surface area contributed by atoms with Crippen LogP contribution in [0.3, 0.4) is 0 Å². The highest BCUT2D eigenvalue weighted by Crippen LogP contribution is 2.15. The molecule has 2 heterocycles. The second kappa shape index (κ2) is 7.58. The molecule has 0 spiro atoms. The first-order valence-electron chi connectivity index (χ1n) is 6.93. The van der Waals surface area contributed by atoms with Gasteiger partial charge < -0.3 is 20.5 Å². The molecule has 7 heteroatoms. The Labute approximate surface area is 122 Å². The van der Waals surface area contributed by atoms with Crippen molar-refractivity contribution in [2.75, 3.05) is 25.1 Å². The number of carboxylic acid groups (broad SMARTS) is 1. The minimum atomic E-state index is -0.933. The van der Waals surface area contributed by atoms with E-state index in [0.29, 0.717) is 23.8 Å². The van der Waals surface area contributed by atoms with E-state index in [1.54, 1.807) is 12.1 Å². The summed E-state index contributed by atoms with van der Waals surface area (Å²) in [6.07, 6.45) is 3.28. The average molecular weight is 293 g/mol.